The number of anilines is 2. The highest BCUT2D eigenvalue weighted by Crippen LogP contribution is 2.51. The summed E-state index contributed by atoms with van der Waals surface area (Å²) in [5, 5.41) is 0. The summed E-state index contributed by atoms with van der Waals surface area (Å²) < 4.78 is 1.14. The summed E-state index contributed by atoms with van der Waals surface area (Å²) in [5.74, 6) is 0.374. The van der Waals surface area contributed by atoms with Crippen LogP contribution in [-0.4, -0.2) is 6.04 Å². The van der Waals surface area contributed by atoms with Gasteiger partial charge in [0.1, 0.15) is 0 Å². The van der Waals surface area contributed by atoms with Crippen molar-refractivity contribution in [1.29, 1.82) is 0 Å². The van der Waals surface area contributed by atoms with Gasteiger partial charge in [0, 0.05) is 21.8 Å². The number of hydrogen-bond donors (Lipinski definition) is 0. The molecule has 1 heterocycles. The molecule has 2 atom stereocenters. The molecule has 0 aromatic heterocycles. The van der Waals surface area contributed by atoms with Crippen molar-refractivity contribution in [1.82, 2.24) is 0 Å². The van der Waals surface area contributed by atoms with E-state index in [0.29, 0.717) is 12.0 Å². The Kier molecular flexibility index (Phi) is 3.14. The van der Waals surface area contributed by atoms with E-state index in [2.05, 4.69) is 106 Å². The first kappa shape index (κ1) is 14.1. The van der Waals surface area contributed by atoms with Crippen LogP contribution in [0.4, 0.5) is 11.4 Å². The molecule has 0 spiro atoms. The molecule has 0 radical (unpaired) electrons. The van der Waals surface area contributed by atoms with Gasteiger partial charge in [0.15, 0.2) is 0 Å². The van der Waals surface area contributed by atoms with Gasteiger partial charge in [-0.1, -0.05) is 70.5 Å². The number of fused-ring (bicyclic) bond motifs is 5. The first-order chi connectivity index (χ1) is 11.8. The normalized spacial score (nSPS) is 20.5. The Hall–Kier alpha value is -2.32. The van der Waals surface area contributed by atoms with Crippen molar-refractivity contribution >= 4 is 33.4 Å². The average Bonchev–Trinajstić information content (AvgIpc) is 2.96. The molecule has 5 rings (SSSR count). The van der Waals surface area contributed by atoms with Crippen molar-refractivity contribution in [3.63, 3.8) is 0 Å². The maximum atomic E-state index is 3.66. The molecule has 0 amide bonds. The molecule has 2 aliphatic rings. The molecule has 2 unspecified atom stereocenters. The monoisotopic (exact) mass is 373 g/mol. The van der Waals surface area contributed by atoms with Crippen LogP contribution in [0.2, 0.25) is 0 Å². The van der Waals surface area contributed by atoms with Gasteiger partial charge in [-0.25, -0.2) is 0 Å². The molecule has 0 saturated carbocycles. The van der Waals surface area contributed by atoms with Gasteiger partial charge in [-0.3, -0.25) is 0 Å². The fraction of sp³-hybridized carbons (Fsp3) is 0.0909. The topological polar surface area (TPSA) is 3.24 Å². The molecule has 3 aromatic carbocycles. The Morgan fingerprint density at radius 1 is 0.792 bits per heavy atom. The number of halogens is 1. The number of para-hydroxylation sites is 1. The Morgan fingerprint density at radius 3 is 2.46 bits per heavy atom. The average molecular weight is 374 g/mol. The van der Waals surface area contributed by atoms with Gasteiger partial charge in [0.2, 0.25) is 0 Å². The molecule has 116 valence electrons. The molecule has 0 N–H and O–H groups in total. The van der Waals surface area contributed by atoms with Crippen LogP contribution < -0.4 is 4.90 Å². The lowest BCUT2D eigenvalue weighted by atomic mass is 9.81. The lowest BCUT2D eigenvalue weighted by Gasteiger charge is -2.31. The summed E-state index contributed by atoms with van der Waals surface area (Å²) in [7, 11) is 0. The molecular weight excluding hydrogens is 358 g/mol. The molecule has 0 saturated heterocycles. The first-order valence-corrected chi connectivity index (χ1v) is 9.03. The van der Waals surface area contributed by atoms with E-state index in [9.17, 15) is 0 Å². The molecule has 0 fully saturated rings. The minimum atomic E-state index is 0.326. The van der Waals surface area contributed by atoms with Crippen molar-refractivity contribution in [2.24, 2.45) is 0 Å². The molecule has 2 heteroatoms. The van der Waals surface area contributed by atoms with Crippen molar-refractivity contribution < 1.29 is 0 Å². The highest BCUT2D eigenvalue weighted by atomic mass is 79.9. The predicted octanol–water partition coefficient (Wildman–Crippen LogP) is 6.13. The maximum Gasteiger partial charge on any atom is 0.0635 e. The Bertz CT molecular complexity index is 945. The van der Waals surface area contributed by atoms with Crippen LogP contribution in [0.25, 0.3) is 6.08 Å². The van der Waals surface area contributed by atoms with Crippen LogP contribution in [0.1, 0.15) is 22.6 Å². The molecular formula is C22H16BrN. The van der Waals surface area contributed by atoms with Crippen molar-refractivity contribution in [3.05, 3.63) is 100 Å². The van der Waals surface area contributed by atoms with Gasteiger partial charge in [-0.05, 0) is 47.0 Å². The van der Waals surface area contributed by atoms with E-state index in [0.717, 1.165) is 4.47 Å². The summed E-state index contributed by atoms with van der Waals surface area (Å²) in [5.41, 5.74) is 6.70. The number of hydrogen-bond acceptors (Lipinski definition) is 1. The van der Waals surface area contributed by atoms with E-state index in [4.69, 9.17) is 0 Å². The van der Waals surface area contributed by atoms with Crippen LogP contribution in [0.3, 0.4) is 0 Å². The van der Waals surface area contributed by atoms with E-state index in [1.54, 1.807) is 0 Å². The lowest BCUT2D eigenvalue weighted by molar-refractivity contribution is 0.724. The summed E-state index contributed by atoms with van der Waals surface area (Å²) in [6, 6.07) is 26.4. The van der Waals surface area contributed by atoms with Crippen LogP contribution in [0.5, 0.6) is 0 Å². The van der Waals surface area contributed by atoms with Crippen LogP contribution in [-0.2, 0) is 0 Å². The van der Waals surface area contributed by atoms with Crippen LogP contribution in [0, 0.1) is 0 Å². The van der Waals surface area contributed by atoms with Crippen molar-refractivity contribution in [2.75, 3.05) is 4.90 Å². The van der Waals surface area contributed by atoms with Gasteiger partial charge in [-0.2, -0.15) is 0 Å². The minimum absolute atomic E-state index is 0.326. The third-order valence-electron chi connectivity index (χ3n) is 5.06. The minimum Gasteiger partial charge on any atom is -0.333 e. The first-order valence-electron chi connectivity index (χ1n) is 8.24. The molecule has 1 nitrogen and oxygen atoms in total. The summed E-state index contributed by atoms with van der Waals surface area (Å²) in [4.78, 5) is 2.47. The summed E-state index contributed by atoms with van der Waals surface area (Å²) in [6.45, 7) is 0. The Balaban J connectivity index is 1.76. The fourth-order valence-corrected chi connectivity index (χ4v) is 4.46. The largest absolute Gasteiger partial charge is 0.333 e. The zero-order valence-corrected chi connectivity index (χ0v) is 14.6. The van der Waals surface area contributed by atoms with Crippen LogP contribution in [0.15, 0.2) is 83.3 Å². The molecule has 1 aliphatic carbocycles. The molecule has 24 heavy (non-hydrogen) atoms. The standard InChI is InChI=1S/C22H16BrN/c23-16-11-13-20-19(14-16)22-18-9-5-4-6-15(18)10-12-21(22)24(20)17-7-2-1-3-8-17/h1-14,21-22H. The van der Waals surface area contributed by atoms with Gasteiger partial charge in [0.25, 0.3) is 0 Å². The second-order valence-electron chi connectivity index (χ2n) is 6.36. The predicted molar refractivity (Wildman–Crippen MR) is 104 cm³/mol. The quantitative estimate of drug-likeness (QED) is 0.495. The van der Waals surface area contributed by atoms with E-state index in [1.807, 2.05) is 0 Å². The van der Waals surface area contributed by atoms with Gasteiger partial charge >= 0.3 is 0 Å². The highest BCUT2D eigenvalue weighted by Gasteiger charge is 2.40. The van der Waals surface area contributed by atoms with Gasteiger partial charge in [-0.15, -0.1) is 0 Å². The van der Waals surface area contributed by atoms with E-state index in [1.165, 1.54) is 28.1 Å². The zero-order chi connectivity index (χ0) is 16.1. The maximum absolute atomic E-state index is 3.66. The third-order valence-corrected chi connectivity index (χ3v) is 5.56. The van der Waals surface area contributed by atoms with Gasteiger partial charge < -0.3 is 4.90 Å². The smallest absolute Gasteiger partial charge is 0.0635 e. The highest BCUT2D eigenvalue weighted by molar-refractivity contribution is 9.10. The van der Waals surface area contributed by atoms with Crippen LogP contribution >= 0.6 is 15.9 Å². The summed E-state index contributed by atoms with van der Waals surface area (Å²) in [6.07, 6.45) is 4.63. The second kappa shape index (κ2) is 5.35. The van der Waals surface area contributed by atoms with E-state index < -0.39 is 0 Å². The summed E-state index contributed by atoms with van der Waals surface area (Å²) >= 11 is 3.66. The van der Waals surface area contributed by atoms with Gasteiger partial charge in [0.05, 0.1) is 6.04 Å². The van der Waals surface area contributed by atoms with Crippen molar-refractivity contribution in [3.8, 4) is 0 Å². The molecule has 0 bridgehead atoms. The number of nitrogens with zero attached hydrogens (tertiary/aromatic N) is 1. The molecule has 3 aromatic rings. The number of rotatable bonds is 1. The Labute approximate surface area is 150 Å². The second-order valence-corrected chi connectivity index (χ2v) is 7.28. The van der Waals surface area contributed by atoms with E-state index >= 15 is 0 Å². The molecule has 1 aliphatic heterocycles. The van der Waals surface area contributed by atoms with E-state index in [-0.39, 0.29) is 0 Å². The fourth-order valence-electron chi connectivity index (χ4n) is 4.08. The lowest BCUT2D eigenvalue weighted by Crippen LogP contribution is -2.30. The SMILES string of the molecule is Brc1ccc2c(c1)C1c3ccccc3C=CC1N2c1ccccc1. The Morgan fingerprint density at radius 2 is 1.58 bits per heavy atom. The zero-order valence-electron chi connectivity index (χ0n) is 13.1. The third kappa shape index (κ3) is 1.99. The van der Waals surface area contributed by atoms with Crippen molar-refractivity contribution in [2.45, 2.75) is 12.0 Å². The number of benzene rings is 3.